The number of nitrogens with one attached hydrogen (secondary N) is 1. The van der Waals surface area contributed by atoms with Gasteiger partial charge in [0.1, 0.15) is 12.2 Å². The molecule has 1 fully saturated rings. The molecule has 1 aliphatic heterocycles. The van der Waals surface area contributed by atoms with Crippen molar-refractivity contribution in [2.24, 2.45) is 0 Å². The van der Waals surface area contributed by atoms with Gasteiger partial charge in [0, 0.05) is 6.54 Å². The number of benzene rings is 1. The summed E-state index contributed by atoms with van der Waals surface area (Å²) in [5, 5.41) is 6.81. The van der Waals surface area contributed by atoms with Gasteiger partial charge in [0.15, 0.2) is 11.5 Å². The van der Waals surface area contributed by atoms with Crippen molar-refractivity contribution >= 4 is 5.91 Å². The van der Waals surface area contributed by atoms with Crippen LogP contribution < -0.4 is 9.47 Å². The molecule has 2 aromatic rings. The average molecular weight is 330 g/mol. The lowest BCUT2D eigenvalue weighted by Gasteiger charge is -2.34. The van der Waals surface area contributed by atoms with Crippen molar-refractivity contribution in [3.05, 3.63) is 35.9 Å². The van der Waals surface area contributed by atoms with Crippen molar-refractivity contribution in [3.63, 3.8) is 0 Å². The Hall–Kier alpha value is -2.57. The maximum absolute atomic E-state index is 12.8. The molecule has 1 N–H and O–H groups in total. The number of ether oxygens (including phenoxy) is 2. The van der Waals surface area contributed by atoms with E-state index in [1.165, 1.54) is 6.33 Å². The fourth-order valence-corrected chi connectivity index (χ4v) is 3.16. The first-order valence-corrected chi connectivity index (χ1v) is 8.08. The lowest BCUT2D eigenvalue weighted by molar-refractivity contribution is -0.134. The molecule has 1 aliphatic rings. The van der Waals surface area contributed by atoms with E-state index in [0.29, 0.717) is 17.9 Å². The first-order valence-electron chi connectivity index (χ1n) is 8.08. The summed E-state index contributed by atoms with van der Waals surface area (Å²) in [4.78, 5) is 19.0. The van der Waals surface area contributed by atoms with E-state index >= 15 is 0 Å². The molecule has 1 aromatic heterocycles. The summed E-state index contributed by atoms with van der Waals surface area (Å²) in [6, 6.07) is 5.55. The molecular formula is C17H22N4O3. The lowest BCUT2D eigenvalue weighted by Crippen LogP contribution is -2.39. The van der Waals surface area contributed by atoms with E-state index in [1.54, 1.807) is 14.2 Å². The number of likely N-dealkylation sites (tertiary alicyclic amines) is 1. The van der Waals surface area contributed by atoms with Gasteiger partial charge in [-0.2, -0.15) is 5.10 Å². The Morgan fingerprint density at radius 3 is 2.83 bits per heavy atom. The Balaban J connectivity index is 1.75. The quantitative estimate of drug-likeness (QED) is 0.908. The van der Waals surface area contributed by atoms with Crippen LogP contribution in [0.1, 0.15) is 36.7 Å². The van der Waals surface area contributed by atoms with E-state index in [0.717, 1.165) is 37.2 Å². The standard InChI is InChI=1S/C17H22N4O3/c1-23-14-7-6-12(9-15(14)24-2)10-16(22)21-8-4-3-5-13(21)17-18-11-19-20-17/h6-7,9,11,13H,3-5,8,10H2,1-2H3,(H,18,19,20). The second-order valence-corrected chi connectivity index (χ2v) is 5.84. The number of amides is 1. The Morgan fingerprint density at radius 2 is 2.12 bits per heavy atom. The third-order valence-electron chi connectivity index (χ3n) is 4.38. The zero-order valence-corrected chi connectivity index (χ0v) is 14.0. The minimum atomic E-state index is -0.0195. The molecule has 1 amide bonds. The van der Waals surface area contributed by atoms with E-state index in [2.05, 4.69) is 15.2 Å². The molecule has 1 unspecified atom stereocenters. The summed E-state index contributed by atoms with van der Waals surface area (Å²) in [6.45, 7) is 0.748. The van der Waals surface area contributed by atoms with E-state index in [-0.39, 0.29) is 11.9 Å². The summed E-state index contributed by atoms with van der Waals surface area (Å²) in [5.41, 5.74) is 0.902. The molecule has 2 heterocycles. The van der Waals surface area contributed by atoms with Gasteiger partial charge in [-0.1, -0.05) is 6.07 Å². The van der Waals surface area contributed by atoms with E-state index in [4.69, 9.17) is 9.47 Å². The number of hydrogen-bond donors (Lipinski definition) is 1. The molecule has 3 rings (SSSR count). The second-order valence-electron chi connectivity index (χ2n) is 5.84. The van der Waals surface area contributed by atoms with Crippen molar-refractivity contribution in [3.8, 4) is 11.5 Å². The van der Waals surface area contributed by atoms with Crippen LogP contribution in [-0.4, -0.2) is 46.8 Å². The number of hydrogen-bond acceptors (Lipinski definition) is 5. The molecule has 24 heavy (non-hydrogen) atoms. The predicted octanol–water partition coefficient (Wildman–Crippen LogP) is 2.12. The topological polar surface area (TPSA) is 80.3 Å². The zero-order chi connectivity index (χ0) is 16.9. The number of carbonyl (C=O) groups excluding carboxylic acids is 1. The highest BCUT2D eigenvalue weighted by atomic mass is 16.5. The van der Waals surface area contributed by atoms with Crippen LogP contribution in [0.15, 0.2) is 24.5 Å². The maximum atomic E-state index is 12.8. The minimum absolute atomic E-state index is 0.0195. The Labute approximate surface area is 141 Å². The second kappa shape index (κ2) is 7.33. The van der Waals surface area contributed by atoms with Crippen LogP contribution in [0.4, 0.5) is 0 Å². The normalized spacial score (nSPS) is 17.6. The van der Waals surface area contributed by atoms with Gasteiger partial charge in [-0.15, -0.1) is 0 Å². The molecule has 0 aliphatic carbocycles. The predicted molar refractivity (Wildman–Crippen MR) is 87.9 cm³/mol. The molecule has 7 heteroatoms. The van der Waals surface area contributed by atoms with Gasteiger partial charge in [-0.3, -0.25) is 9.89 Å². The summed E-state index contributed by atoms with van der Waals surface area (Å²) in [7, 11) is 3.19. The van der Waals surface area contributed by atoms with Gasteiger partial charge in [-0.25, -0.2) is 4.98 Å². The molecule has 7 nitrogen and oxygen atoms in total. The van der Waals surface area contributed by atoms with E-state index in [9.17, 15) is 4.79 Å². The van der Waals surface area contributed by atoms with Crippen molar-refractivity contribution in [1.29, 1.82) is 0 Å². The SMILES string of the molecule is COc1ccc(CC(=O)N2CCCCC2c2ncn[nH]2)cc1OC. The third kappa shape index (κ3) is 3.34. The molecule has 0 radical (unpaired) electrons. The van der Waals surface area contributed by atoms with Gasteiger partial charge in [0.2, 0.25) is 5.91 Å². The smallest absolute Gasteiger partial charge is 0.227 e. The van der Waals surface area contributed by atoms with Crippen LogP contribution in [0.25, 0.3) is 0 Å². The third-order valence-corrected chi connectivity index (χ3v) is 4.38. The zero-order valence-electron chi connectivity index (χ0n) is 14.0. The first-order chi connectivity index (χ1) is 11.7. The Morgan fingerprint density at radius 1 is 1.29 bits per heavy atom. The van der Waals surface area contributed by atoms with Crippen LogP contribution in [0.3, 0.4) is 0 Å². The number of carbonyl (C=O) groups is 1. The van der Waals surface area contributed by atoms with Gasteiger partial charge < -0.3 is 14.4 Å². The number of piperidine rings is 1. The summed E-state index contributed by atoms with van der Waals surface area (Å²) in [5.74, 6) is 2.14. The van der Waals surface area contributed by atoms with Crippen LogP contribution in [0.2, 0.25) is 0 Å². The average Bonchev–Trinajstić information content (AvgIpc) is 3.16. The highest BCUT2D eigenvalue weighted by Gasteiger charge is 2.29. The fourth-order valence-electron chi connectivity index (χ4n) is 3.16. The van der Waals surface area contributed by atoms with Crippen molar-refractivity contribution < 1.29 is 14.3 Å². The summed E-state index contributed by atoms with van der Waals surface area (Å²) < 4.78 is 10.5. The molecule has 1 atom stereocenters. The van der Waals surface area contributed by atoms with Crippen LogP contribution >= 0.6 is 0 Å². The highest BCUT2D eigenvalue weighted by molar-refractivity contribution is 5.79. The van der Waals surface area contributed by atoms with E-state index < -0.39 is 0 Å². The molecule has 0 bridgehead atoms. The van der Waals surface area contributed by atoms with Gasteiger partial charge >= 0.3 is 0 Å². The van der Waals surface area contributed by atoms with Crippen LogP contribution in [0.5, 0.6) is 11.5 Å². The fraction of sp³-hybridized carbons (Fsp3) is 0.471. The maximum Gasteiger partial charge on any atom is 0.227 e. The first kappa shape index (κ1) is 16.3. The van der Waals surface area contributed by atoms with Crippen LogP contribution in [-0.2, 0) is 11.2 Å². The summed E-state index contributed by atoms with van der Waals surface area (Å²) in [6.07, 6.45) is 4.83. The molecular weight excluding hydrogens is 308 g/mol. The molecule has 0 spiro atoms. The molecule has 1 saturated heterocycles. The monoisotopic (exact) mass is 330 g/mol. The number of aromatic amines is 1. The number of nitrogens with zero attached hydrogens (tertiary/aromatic N) is 3. The molecule has 0 saturated carbocycles. The number of methoxy groups -OCH3 is 2. The minimum Gasteiger partial charge on any atom is -0.493 e. The number of H-pyrrole nitrogens is 1. The van der Waals surface area contributed by atoms with Crippen molar-refractivity contribution in [1.82, 2.24) is 20.1 Å². The van der Waals surface area contributed by atoms with Crippen molar-refractivity contribution in [2.75, 3.05) is 20.8 Å². The van der Waals surface area contributed by atoms with Gasteiger partial charge in [0.25, 0.3) is 0 Å². The molecule has 128 valence electrons. The highest BCUT2D eigenvalue weighted by Crippen LogP contribution is 2.31. The Kier molecular flexibility index (Phi) is 4.98. The van der Waals surface area contributed by atoms with Gasteiger partial charge in [-0.05, 0) is 37.0 Å². The number of aromatic nitrogens is 3. The van der Waals surface area contributed by atoms with Crippen LogP contribution in [0, 0.1) is 0 Å². The largest absolute Gasteiger partial charge is 0.493 e. The lowest BCUT2D eigenvalue weighted by atomic mass is 10.00. The Bertz CT molecular complexity index is 687. The molecule has 1 aromatic carbocycles. The number of rotatable bonds is 5. The van der Waals surface area contributed by atoms with E-state index in [1.807, 2.05) is 23.1 Å². The van der Waals surface area contributed by atoms with Gasteiger partial charge in [0.05, 0.1) is 26.7 Å². The van der Waals surface area contributed by atoms with Crippen molar-refractivity contribution in [2.45, 2.75) is 31.7 Å². The summed E-state index contributed by atoms with van der Waals surface area (Å²) >= 11 is 0.